The molecule has 2 N–H and O–H groups in total. The van der Waals surface area contributed by atoms with E-state index in [0.717, 1.165) is 0 Å². The molecule has 0 saturated carbocycles. The molecule has 3 rings (SSSR count). The molecule has 1 aromatic heterocycles. The molecule has 0 unspecified atom stereocenters. The van der Waals surface area contributed by atoms with Gasteiger partial charge in [0.2, 0.25) is 0 Å². The molecular weight excluding hydrogens is 418 g/mol. The molecule has 0 aliphatic rings. The minimum Gasteiger partial charge on any atom is -0.489 e. The van der Waals surface area contributed by atoms with Gasteiger partial charge in [-0.1, -0.05) is 18.2 Å². The van der Waals surface area contributed by atoms with Gasteiger partial charge in [-0.2, -0.15) is 0 Å². The lowest BCUT2D eigenvalue weighted by atomic mass is 10.1. The molecule has 30 heavy (non-hydrogen) atoms. The van der Waals surface area contributed by atoms with E-state index in [4.69, 9.17) is 21.1 Å². The van der Waals surface area contributed by atoms with E-state index in [-0.39, 0.29) is 23.1 Å². The number of carbonyl (C=O) groups is 1. The Hall–Kier alpha value is -3.30. The van der Waals surface area contributed by atoms with Gasteiger partial charge in [-0.15, -0.1) is 0 Å². The van der Waals surface area contributed by atoms with Crippen LogP contribution < -0.4 is 15.4 Å². The highest BCUT2D eigenvalue weighted by Crippen LogP contribution is 2.34. The summed E-state index contributed by atoms with van der Waals surface area (Å²) in [6, 6.07) is 7.22. The van der Waals surface area contributed by atoms with Crippen LogP contribution in [0, 0.1) is 5.82 Å². The molecule has 1 heterocycles. The molecule has 3 aromatic rings. The number of hydrogen-bond acceptors (Lipinski definition) is 6. The van der Waals surface area contributed by atoms with E-state index in [1.165, 1.54) is 37.7 Å². The monoisotopic (exact) mass is 434 g/mol. The van der Waals surface area contributed by atoms with Gasteiger partial charge in [-0.3, -0.25) is 4.79 Å². The maximum Gasteiger partial charge on any atom is 0.283 e. The Bertz CT molecular complexity index is 1110. The third-order valence-corrected chi connectivity index (χ3v) is 4.25. The summed E-state index contributed by atoms with van der Waals surface area (Å²) in [6.45, 7) is 3.50. The molecule has 0 radical (unpaired) electrons. The highest BCUT2D eigenvalue weighted by molar-refractivity contribution is 6.31. The molecule has 0 spiro atoms. The predicted octanol–water partition coefficient (Wildman–Crippen LogP) is 4.61. The summed E-state index contributed by atoms with van der Waals surface area (Å²) in [4.78, 5) is 20.2. The van der Waals surface area contributed by atoms with Crippen LogP contribution in [0.3, 0.4) is 0 Å². The maximum atomic E-state index is 13.4. The molecule has 0 fully saturated rings. The first-order chi connectivity index (χ1) is 14.4. The van der Waals surface area contributed by atoms with Crippen molar-refractivity contribution in [3.05, 3.63) is 59.9 Å². The van der Waals surface area contributed by atoms with Crippen LogP contribution in [-0.2, 0) is 9.53 Å². The smallest absolute Gasteiger partial charge is 0.283 e. The van der Waals surface area contributed by atoms with E-state index < -0.39 is 17.6 Å². The van der Waals surface area contributed by atoms with E-state index in [1.54, 1.807) is 6.07 Å². The van der Waals surface area contributed by atoms with Gasteiger partial charge in [0.15, 0.2) is 5.83 Å². The van der Waals surface area contributed by atoms with Crippen molar-refractivity contribution in [1.82, 2.24) is 9.97 Å². The summed E-state index contributed by atoms with van der Waals surface area (Å²) >= 11 is 5.83. The van der Waals surface area contributed by atoms with Crippen LogP contribution in [-0.4, -0.2) is 36.2 Å². The van der Waals surface area contributed by atoms with Crippen LogP contribution in [0.5, 0.6) is 5.75 Å². The van der Waals surface area contributed by atoms with Gasteiger partial charge in [0.25, 0.3) is 5.91 Å². The van der Waals surface area contributed by atoms with Crippen molar-refractivity contribution in [3.63, 3.8) is 0 Å². The first kappa shape index (κ1) is 21.4. The number of rotatable bonds is 8. The number of amides is 1. The highest BCUT2D eigenvalue weighted by Gasteiger charge is 2.15. The van der Waals surface area contributed by atoms with E-state index in [1.807, 2.05) is 0 Å². The minimum atomic E-state index is -1.15. The van der Waals surface area contributed by atoms with Crippen molar-refractivity contribution in [2.45, 2.75) is 0 Å². The largest absolute Gasteiger partial charge is 0.489 e. The number of carbonyl (C=O) groups excluding carboxylic acids is 1. The van der Waals surface area contributed by atoms with Crippen LogP contribution in [0.2, 0.25) is 5.02 Å². The maximum absolute atomic E-state index is 13.4. The number of fused-ring (bicyclic) bond motifs is 1. The van der Waals surface area contributed by atoms with Gasteiger partial charge in [-0.05, 0) is 24.3 Å². The van der Waals surface area contributed by atoms with E-state index >= 15 is 0 Å². The lowest BCUT2D eigenvalue weighted by molar-refractivity contribution is -0.114. The Morgan fingerprint density at radius 2 is 2.03 bits per heavy atom. The Balaban J connectivity index is 2.03. The zero-order valence-electron chi connectivity index (χ0n) is 15.8. The fourth-order valence-corrected chi connectivity index (χ4v) is 2.72. The number of aromatic nitrogens is 2. The van der Waals surface area contributed by atoms with Gasteiger partial charge in [-0.25, -0.2) is 18.7 Å². The van der Waals surface area contributed by atoms with Crippen LogP contribution in [0.1, 0.15) is 0 Å². The normalized spacial score (nSPS) is 10.7. The molecular formula is C20H17ClF2N4O3. The van der Waals surface area contributed by atoms with Crippen molar-refractivity contribution < 1.29 is 23.0 Å². The van der Waals surface area contributed by atoms with Crippen molar-refractivity contribution in [2.24, 2.45) is 0 Å². The number of halogens is 3. The Kier molecular flexibility index (Phi) is 6.76. The zero-order chi connectivity index (χ0) is 21.7. The summed E-state index contributed by atoms with van der Waals surface area (Å²) in [5, 5.41) is 5.87. The quantitative estimate of drug-likeness (QED) is 0.397. The average molecular weight is 435 g/mol. The molecule has 1 amide bonds. The molecule has 0 saturated heterocycles. The Labute approximate surface area is 175 Å². The molecule has 7 nitrogen and oxygen atoms in total. The summed E-state index contributed by atoms with van der Waals surface area (Å²) in [5.41, 5.74) is 1.17. The van der Waals surface area contributed by atoms with Crippen molar-refractivity contribution >= 4 is 45.6 Å². The molecule has 10 heteroatoms. The lowest BCUT2D eigenvalue weighted by Crippen LogP contribution is -2.13. The number of nitrogens with one attached hydrogen (secondary N) is 2. The Morgan fingerprint density at radius 1 is 1.23 bits per heavy atom. The summed E-state index contributed by atoms with van der Waals surface area (Å²) in [5.74, 6) is -2.09. The molecule has 0 bridgehead atoms. The lowest BCUT2D eigenvalue weighted by Gasteiger charge is -2.15. The minimum absolute atomic E-state index is 0.0541. The second kappa shape index (κ2) is 9.47. The molecule has 0 atom stereocenters. The second-order valence-corrected chi connectivity index (χ2v) is 6.45. The van der Waals surface area contributed by atoms with E-state index in [9.17, 15) is 13.6 Å². The highest BCUT2D eigenvalue weighted by atomic mass is 35.5. The zero-order valence-corrected chi connectivity index (χ0v) is 16.6. The van der Waals surface area contributed by atoms with Crippen LogP contribution in [0.15, 0.2) is 49.1 Å². The molecule has 0 aliphatic carbocycles. The fraction of sp³-hybridized carbons (Fsp3) is 0.150. The molecule has 2 aromatic carbocycles. The number of anilines is 3. The average Bonchev–Trinajstić information content (AvgIpc) is 2.71. The van der Waals surface area contributed by atoms with Crippen molar-refractivity contribution in [3.8, 4) is 5.75 Å². The number of benzene rings is 2. The number of hydrogen-bond donors (Lipinski definition) is 2. The van der Waals surface area contributed by atoms with Crippen LogP contribution in [0.4, 0.5) is 26.0 Å². The number of methoxy groups -OCH3 is 1. The van der Waals surface area contributed by atoms with Gasteiger partial charge in [0, 0.05) is 24.2 Å². The third kappa shape index (κ3) is 5.00. The number of ether oxygens (including phenoxy) is 2. The summed E-state index contributed by atoms with van der Waals surface area (Å²) in [6.07, 6.45) is 1.33. The summed E-state index contributed by atoms with van der Waals surface area (Å²) in [7, 11) is 1.52. The first-order valence-electron chi connectivity index (χ1n) is 8.67. The standard InChI is InChI=1S/C20H17ClF2N4O3/c1-11(22)20(28)27-17-8-13-16(9-18(17)30-6-5-29-2)24-10-25-19(13)26-12-3-4-15(23)14(21)7-12/h3-4,7-10H,1,5-6H2,2H3,(H,27,28)(H,24,25,26). The third-order valence-electron chi connectivity index (χ3n) is 3.96. The van der Waals surface area contributed by atoms with Gasteiger partial charge in [0.1, 0.15) is 30.3 Å². The van der Waals surface area contributed by atoms with Gasteiger partial charge < -0.3 is 20.1 Å². The topological polar surface area (TPSA) is 85.4 Å². The fourth-order valence-electron chi connectivity index (χ4n) is 2.54. The van der Waals surface area contributed by atoms with E-state index in [2.05, 4.69) is 27.2 Å². The number of nitrogens with zero attached hydrogens (tertiary/aromatic N) is 2. The molecule has 0 aliphatic heterocycles. The predicted molar refractivity (Wildman–Crippen MR) is 110 cm³/mol. The van der Waals surface area contributed by atoms with Crippen molar-refractivity contribution in [1.29, 1.82) is 0 Å². The second-order valence-electron chi connectivity index (χ2n) is 6.04. The van der Waals surface area contributed by atoms with Crippen LogP contribution >= 0.6 is 11.6 Å². The Morgan fingerprint density at radius 3 is 2.73 bits per heavy atom. The van der Waals surface area contributed by atoms with Crippen molar-refractivity contribution in [2.75, 3.05) is 31.0 Å². The van der Waals surface area contributed by atoms with Gasteiger partial charge in [0.05, 0.1) is 22.8 Å². The van der Waals surface area contributed by atoms with Gasteiger partial charge >= 0.3 is 0 Å². The van der Waals surface area contributed by atoms with E-state index in [0.29, 0.717) is 29.0 Å². The van der Waals surface area contributed by atoms with Crippen LogP contribution in [0.25, 0.3) is 10.9 Å². The SMILES string of the molecule is C=C(F)C(=O)Nc1cc2c(Nc3ccc(F)c(Cl)c3)ncnc2cc1OCCOC. The summed E-state index contributed by atoms with van der Waals surface area (Å²) < 4.78 is 37.2. The first-order valence-corrected chi connectivity index (χ1v) is 9.05. The molecule has 156 valence electrons.